The zero-order valence-electron chi connectivity index (χ0n) is 13.0. The van der Waals surface area contributed by atoms with Crippen LogP contribution in [-0.4, -0.2) is 22.8 Å². The van der Waals surface area contributed by atoms with Gasteiger partial charge in [0, 0.05) is 12.0 Å². The van der Waals surface area contributed by atoms with Gasteiger partial charge in [-0.25, -0.2) is 4.57 Å². The van der Waals surface area contributed by atoms with Crippen molar-refractivity contribution in [2.45, 2.75) is 39.7 Å². The minimum absolute atomic E-state index is 0.464. The summed E-state index contributed by atoms with van der Waals surface area (Å²) in [7, 11) is 1.70. The molecule has 0 saturated heterocycles. The van der Waals surface area contributed by atoms with Crippen LogP contribution in [0, 0.1) is 0 Å². The summed E-state index contributed by atoms with van der Waals surface area (Å²) in [5.41, 5.74) is 2.53. The highest BCUT2D eigenvalue weighted by Gasteiger charge is 2.21. The maximum atomic E-state index is 8.44. The topological polar surface area (TPSA) is 77.9 Å². The van der Waals surface area contributed by atoms with Crippen LogP contribution in [0.25, 0.3) is 5.65 Å². The van der Waals surface area contributed by atoms with Gasteiger partial charge in [-0.2, -0.15) is 4.40 Å². The molecule has 2 aromatic heterocycles. The van der Waals surface area contributed by atoms with Gasteiger partial charge in [0.15, 0.2) is 11.4 Å². The third kappa shape index (κ3) is 4.11. The van der Waals surface area contributed by atoms with Gasteiger partial charge in [-0.15, -0.1) is 0 Å². The molecule has 0 radical (unpaired) electrons. The average molecular weight is 294 g/mol. The van der Waals surface area contributed by atoms with Crippen molar-refractivity contribution in [3.05, 3.63) is 30.2 Å². The second-order valence-corrected chi connectivity index (χ2v) is 5.27. The fraction of sp³-hybridized carbons (Fsp3) is 0.467. The first kappa shape index (κ1) is 16.8. The van der Waals surface area contributed by atoms with E-state index in [1.807, 2.05) is 6.07 Å². The number of fused-ring (bicyclic) bond motifs is 1. The first-order valence-electron chi connectivity index (χ1n) is 6.78. The van der Waals surface area contributed by atoms with Crippen LogP contribution in [0.2, 0.25) is 0 Å². The molecule has 116 valence electrons. The lowest BCUT2D eigenvalue weighted by atomic mass is 10.1. The molecule has 0 atom stereocenters. The van der Waals surface area contributed by atoms with E-state index in [0.717, 1.165) is 5.75 Å². The van der Waals surface area contributed by atoms with Crippen LogP contribution in [0.5, 0.6) is 5.75 Å². The number of carbonyl (C=O) groups is 1. The van der Waals surface area contributed by atoms with Crippen molar-refractivity contribution < 1.29 is 24.3 Å². The molecule has 0 bridgehead atoms. The predicted octanol–water partition coefficient (Wildman–Crippen LogP) is 1.83. The summed E-state index contributed by atoms with van der Waals surface area (Å²) in [6.07, 6.45) is 2.22. The lowest BCUT2D eigenvalue weighted by molar-refractivity contribution is -0.691. The van der Waals surface area contributed by atoms with Crippen molar-refractivity contribution in [3.8, 4) is 5.75 Å². The molecule has 0 saturated carbocycles. The highest BCUT2D eigenvalue weighted by molar-refractivity contribution is 5.50. The fourth-order valence-electron chi connectivity index (χ4n) is 2.12. The lowest BCUT2D eigenvalue weighted by Gasteiger charge is -2.01. The van der Waals surface area contributed by atoms with E-state index in [0.29, 0.717) is 12.0 Å². The lowest BCUT2D eigenvalue weighted by Crippen LogP contribution is -2.34. The van der Waals surface area contributed by atoms with Gasteiger partial charge in [0.25, 0.3) is 5.65 Å². The summed E-state index contributed by atoms with van der Waals surface area (Å²) < 4.78 is 9.82. The molecule has 2 rings (SSSR count). The summed E-state index contributed by atoms with van der Waals surface area (Å²) in [6, 6.07) is 4.59. The molecule has 0 spiro atoms. The van der Waals surface area contributed by atoms with E-state index in [-0.39, 0.29) is 0 Å². The SMILES string of the molecule is COc1ccc2n(c1)c(C(C)C)c[n+]2C(C)C.O=C([O-])O. The van der Waals surface area contributed by atoms with Gasteiger partial charge < -0.3 is 19.7 Å². The van der Waals surface area contributed by atoms with Gasteiger partial charge in [-0.3, -0.25) is 0 Å². The molecule has 0 aliphatic carbocycles. The molecule has 0 fully saturated rings. The molecular weight excluding hydrogens is 272 g/mol. The van der Waals surface area contributed by atoms with E-state index in [9.17, 15) is 0 Å². The van der Waals surface area contributed by atoms with Crippen LogP contribution in [0.15, 0.2) is 24.5 Å². The number of hydrogen-bond donors (Lipinski definition) is 1. The Hall–Kier alpha value is -2.24. The van der Waals surface area contributed by atoms with Gasteiger partial charge in [0.05, 0.1) is 13.2 Å². The Labute approximate surface area is 124 Å². The Morgan fingerprint density at radius 3 is 2.33 bits per heavy atom. The first-order valence-corrected chi connectivity index (χ1v) is 6.78. The van der Waals surface area contributed by atoms with Gasteiger partial charge in [-0.05, 0) is 19.9 Å². The highest BCUT2D eigenvalue weighted by Crippen LogP contribution is 2.20. The van der Waals surface area contributed by atoms with Crippen molar-refractivity contribution in [1.29, 1.82) is 0 Å². The van der Waals surface area contributed by atoms with Crippen molar-refractivity contribution in [3.63, 3.8) is 0 Å². The van der Waals surface area contributed by atoms with Gasteiger partial charge >= 0.3 is 0 Å². The van der Waals surface area contributed by atoms with Crippen molar-refractivity contribution in [2.24, 2.45) is 0 Å². The summed E-state index contributed by atoms with van der Waals surface area (Å²) in [5, 5.41) is 15.3. The quantitative estimate of drug-likeness (QED) is 0.876. The second-order valence-electron chi connectivity index (χ2n) is 5.27. The van der Waals surface area contributed by atoms with Crippen LogP contribution in [0.4, 0.5) is 4.79 Å². The van der Waals surface area contributed by atoms with Crippen LogP contribution in [0.1, 0.15) is 45.3 Å². The van der Waals surface area contributed by atoms with Gasteiger partial charge in [0.1, 0.15) is 12.4 Å². The molecule has 6 heteroatoms. The summed E-state index contributed by atoms with van der Waals surface area (Å²) >= 11 is 0. The number of carboxylic acid groups (broad SMARTS) is 2. The Bertz CT molecular complexity index is 613. The molecule has 6 nitrogen and oxygen atoms in total. The van der Waals surface area contributed by atoms with E-state index in [1.54, 1.807) is 7.11 Å². The number of rotatable bonds is 3. The second kappa shape index (κ2) is 6.97. The fourth-order valence-corrected chi connectivity index (χ4v) is 2.12. The molecule has 2 aromatic rings. The molecular formula is C15H22N2O4. The number of pyridine rings is 1. The number of nitrogens with zero attached hydrogens (tertiary/aromatic N) is 2. The zero-order chi connectivity index (χ0) is 16.2. The minimum atomic E-state index is -2.08. The Morgan fingerprint density at radius 2 is 1.90 bits per heavy atom. The van der Waals surface area contributed by atoms with E-state index < -0.39 is 6.16 Å². The van der Waals surface area contributed by atoms with E-state index in [4.69, 9.17) is 19.7 Å². The third-order valence-electron chi connectivity index (χ3n) is 3.10. The highest BCUT2D eigenvalue weighted by atomic mass is 16.6. The molecule has 0 aromatic carbocycles. The molecule has 0 unspecified atom stereocenters. The number of methoxy groups -OCH3 is 1. The largest absolute Gasteiger partial charge is 0.565 e. The number of aromatic nitrogens is 2. The number of hydrogen-bond acceptors (Lipinski definition) is 3. The average Bonchev–Trinajstić information content (AvgIpc) is 2.76. The number of imidazole rings is 1. The normalized spacial score (nSPS) is 10.6. The van der Waals surface area contributed by atoms with E-state index in [1.165, 1.54) is 11.3 Å². The molecule has 0 aliphatic rings. The molecule has 2 heterocycles. The van der Waals surface area contributed by atoms with Crippen LogP contribution in [0.3, 0.4) is 0 Å². The van der Waals surface area contributed by atoms with E-state index >= 15 is 0 Å². The van der Waals surface area contributed by atoms with E-state index in [2.05, 4.69) is 55.1 Å². The summed E-state index contributed by atoms with van der Waals surface area (Å²) in [6.45, 7) is 8.83. The van der Waals surface area contributed by atoms with Gasteiger partial charge in [-0.1, -0.05) is 13.8 Å². The maximum absolute atomic E-state index is 8.44. The van der Waals surface area contributed by atoms with Crippen LogP contribution in [-0.2, 0) is 0 Å². The summed E-state index contributed by atoms with van der Waals surface area (Å²) in [4.78, 5) is 8.44. The Kier molecular flexibility index (Phi) is 5.58. The smallest absolute Gasteiger partial charge is 0.286 e. The predicted molar refractivity (Wildman–Crippen MR) is 76.6 cm³/mol. The standard InChI is InChI=1S/C14H21N2O.CH2O3/c1-10(2)13-9-15(11(3)4)14-7-6-12(17-5)8-16(13)14;2-1(3)4/h6-11H,1-5H3;(H2,2,3,4)/q+1;/p-1. The Balaban J connectivity index is 0.000000491. The Morgan fingerprint density at radius 1 is 1.33 bits per heavy atom. The van der Waals surface area contributed by atoms with Crippen LogP contribution >= 0.6 is 0 Å². The van der Waals surface area contributed by atoms with Crippen molar-refractivity contribution in [1.82, 2.24) is 4.40 Å². The van der Waals surface area contributed by atoms with Crippen molar-refractivity contribution >= 4 is 11.8 Å². The molecule has 0 amide bonds. The first-order chi connectivity index (χ1) is 9.77. The van der Waals surface area contributed by atoms with Gasteiger partial charge in [0.2, 0.25) is 6.16 Å². The number of ether oxygens (including phenoxy) is 1. The minimum Gasteiger partial charge on any atom is -0.565 e. The maximum Gasteiger partial charge on any atom is 0.286 e. The zero-order valence-corrected chi connectivity index (χ0v) is 13.0. The van der Waals surface area contributed by atoms with Crippen molar-refractivity contribution in [2.75, 3.05) is 7.11 Å². The monoisotopic (exact) mass is 294 g/mol. The van der Waals surface area contributed by atoms with Crippen LogP contribution < -0.4 is 14.4 Å². The summed E-state index contributed by atoms with van der Waals surface area (Å²) in [5.74, 6) is 1.39. The third-order valence-corrected chi connectivity index (χ3v) is 3.10. The molecule has 21 heavy (non-hydrogen) atoms. The molecule has 1 N–H and O–H groups in total. The molecule has 0 aliphatic heterocycles.